The fourth-order valence-electron chi connectivity index (χ4n) is 1.93. The summed E-state index contributed by atoms with van der Waals surface area (Å²) in [6.45, 7) is 2.13. The monoisotopic (exact) mass is 302 g/mol. The number of aryl methyl sites for hydroxylation is 1. The second-order valence-electron chi connectivity index (χ2n) is 4.64. The molecule has 0 fully saturated rings. The number of carbonyl (C=O) groups is 1. The summed E-state index contributed by atoms with van der Waals surface area (Å²) >= 11 is 0. The Morgan fingerprint density at radius 2 is 1.86 bits per heavy atom. The summed E-state index contributed by atoms with van der Waals surface area (Å²) in [5.41, 5.74) is 2.53. The smallest absolute Gasteiger partial charge is 0.319 e. The molecule has 1 aromatic heterocycles. The third-order valence-electron chi connectivity index (χ3n) is 3.05. The van der Waals surface area contributed by atoms with Crippen molar-refractivity contribution in [2.45, 2.75) is 20.0 Å². The van der Waals surface area contributed by atoms with Crippen molar-refractivity contribution >= 4 is 5.97 Å². The van der Waals surface area contributed by atoms with Crippen LogP contribution in [-0.2, 0) is 22.6 Å². The average molecular weight is 302 g/mol. The van der Waals surface area contributed by atoms with E-state index in [4.69, 9.17) is 14.2 Å². The highest BCUT2D eigenvalue weighted by atomic mass is 16.5. The van der Waals surface area contributed by atoms with Crippen molar-refractivity contribution in [1.29, 1.82) is 0 Å². The standard InChI is InChI=1S/C16H18N2O4/c1-11-8-14(18-16(17-11)21-3)22-10-13-7-5-4-6-12(13)9-15(19)20-2/h4-8H,9-10H2,1-3H3. The fraction of sp³-hybridized carbons (Fsp3) is 0.312. The van der Waals surface area contributed by atoms with E-state index in [1.807, 2.05) is 31.2 Å². The van der Waals surface area contributed by atoms with Gasteiger partial charge in [0.05, 0.1) is 20.6 Å². The van der Waals surface area contributed by atoms with E-state index in [1.54, 1.807) is 6.07 Å². The van der Waals surface area contributed by atoms with Gasteiger partial charge in [-0.2, -0.15) is 4.98 Å². The second kappa shape index (κ2) is 7.40. The van der Waals surface area contributed by atoms with Crippen LogP contribution >= 0.6 is 0 Å². The molecule has 0 N–H and O–H groups in total. The summed E-state index contributed by atoms with van der Waals surface area (Å²) in [5.74, 6) is 0.143. The van der Waals surface area contributed by atoms with Crippen LogP contribution in [-0.4, -0.2) is 30.2 Å². The van der Waals surface area contributed by atoms with Crippen LogP contribution in [0, 0.1) is 6.92 Å². The molecule has 1 aromatic carbocycles. The number of carbonyl (C=O) groups excluding carboxylic acids is 1. The van der Waals surface area contributed by atoms with Gasteiger partial charge in [0.2, 0.25) is 5.88 Å². The van der Waals surface area contributed by atoms with Gasteiger partial charge in [0.25, 0.3) is 0 Å². The van der Waals surface area contributed by atoms with Crippen LogP contribution in [0.4, 0.5) is 0 Å². The molecule has 2 aromatic rings. The van der Waals surface area contributed by atoms with Gasteiger partial charge < -0.3 is 14.2 Å². The number of aromatic nitrogens is 2. The predicted octanol–water partition coefficient (Wildman–Crippen LogP) is 2.09. The van der Waals surface area contributed by atoms with Gasteiger partial charge in [0.1, 0.15) is 6.61 Å². The zero-order valence-electron chi connectivity index (χ0n) is 12.8. The Bertz CT molecular complexity index is 658. The lowest BCUT2D eigenvalue weighted by Gasteiger charge is -2.10. The van der Waals surface area contributed by atoms with Crippen LogP contribution in [0.1, 0.15) is 16.8 Å². The number of ether oxygens (including phenoxy) is 3. The largest absolute Gasteiger partial charge is 0.473 e. The topological polar surface area (TPSA) is 70.5 Å². The summed E-state index contributed by atoms with van der Waals surface area (Å²) in [7, 11) is 2.88. The summed E-state index contributed by atoms with van der Waals surface area (Å²) in [5, 5.41) is 0. The summed E-state index contributed by atoms with van der Waals surface area (Å²) < 4.78 is 15.4. The molecule has 2 rings (SSSR count). The third kappa shape index (κ3) is 4.18. The van der Waals surface area contributed by atoms with Gasteiger partial charge in [0.15, 0.2) is 0 Å². The quantitative estimate of drug-likeness (QED) is 0.761. The van der Waals surface area contributed by atoms with Crippen LogP contribution in [0.2, 0.25) is 0 Å². The number of hydrogen-bond acceptors (Lipinski definition) is 6. The van der Waals surface area contributed by atoms with Gasteiger partial charge in [-0.1, -0.05) is 24.3 Å². The van der Waals surface area contributed by atoms with E-state index in [-0.39, 0.29) is 18.4 Å². The number of rotatable bonds is 6. The van der Waals surface area contributed by atoms with E-state index in [0.29, 0.717) is 12.5 Å². The van der Waals surface area contributed by atoms with Crippen molar-refractivity contribution < 1.29 is 19.0 Å². The molecule has 0 aliphatic heterocycles. The molecule has 0 unspecified atom stereocenters. The van der Waals surface area contributed by atoms with Gasteiger partial charge in [0, 0.05) is 11.8 Å². The van der Waals surface area contributed by atoms with Crippen LogP contribution in [0.3, 0.4) is 0 Å². The highest BCUT2D eigenvalue weighted by Crippen LogP contribution is 2.17. The van der Waals surface area contributed by atoms with Crippen molar-refractivity contribution in [3.05, 3.63) is 47.2 Å². The van der Waals surface area contributed by atoms with Gasteiger partial charge >= 0.3 is 12.0 Å². The SMILES string of the molecule is COC(=O)Cc1ccccc1COc1cc(C)nc(OC)n1. The number of hydrogen-bond donors (Lipinski definition) is 0. The van der Waals surface area contributed by atoms with Crippen molar-refractivity contribution in [3.8, 4) is 11.9 Å². The maximum absolute atomic E-state index is 11.4. The zero-order chi connectivity index (χ0) is 15.9. The lowest BCUT2D eigenvalue weighted by atomic mass is 10.1. The Labute approximate surface area is 129 Å². The molecule has 0 amide bonds. The lowest BCUT2D eigenvalue weighted by Crippen LogP contribution is -2.08. The zero-order valence-corrected chi connectivity index (χ0v) is 12.8. The molecule has 0 atom stereocenters. The molecule has 0 aliphatic carbocycles. The van der Waals surface area contributed by atoms with Gasteiger partial charge in [-0.05, 0) is 18.1 Å². The van der Waals surface area contributed by atoms with E-state index in [2.05, 4.69) is 9.97 Å². The molecule has 0 spiro atoms. The Hall–Kier alpha value is -2.63. The minimum absolute atomic E-state index is 0.210. The van der Waals surface area contributed by atoms with E-state index in [9.17, 15) is 4.79 Å². The molecular weight excluding hydrogens is 284 g/mol. The highest BCUT2D eigenvalue weighted by molar-refractivity contribution is 5.72. The van der Waals surface area contributed by atoms with Crippen LogP contribution in [0.25, 0.3) is 0 Å². The minimum Gasteiger partial charge on any atom is -0.473 e. The maximum atomic E-state index is 11.4. The molecule has 22 heavy (non-hydrogen) atoms. The first-order valence-electron chi connectivity index (χ1n) is 6.78. The first-order valence-corrected chi connectivity index (χ1v) is 6.78. The maximum Gasteiger partial charge on any atom is 0.319 e. The molecule has 0 aliphatic rings. The second-order valence-corrected chi connectivity index (χ2v) is 4.64. The molecule has 0 bridgehead atoms. The van der Waals surface area contributed by atoms with E-state index in [1.165, 1.54) is 14.2 Å². The summed E-state index contributed by atoms with van der Waals surface area (Å²) in [4.78, 5) is 19.7. The molecular formula is C16H18N2O4. The average Bonchev–Trinajstić information content (AvgIpc) is 2.53. The number of methoxy groups -OCH3 is 2. The van der Waals surface area contributed by atoms with Gasteiger partial charge in [-0.25, -0.2) is 4.98 Å². The minimum atomic E-state index is -0.285. The molecule has 0 radical (unpaired) electrons. The van der Waals surface area contributed by atoms with E-state index in [0.717, 1.165) is 16.8 Å². The number of nitrogens with zero attached hydrogens (tertiary/aromatic N) is 2. The Balaban J connectivity index is 2.11. The van der Waals surface area contributed by atoms with E-state index >= 15 is 0 Å². The molecule has 6 heteroatoms. The fourth-order valence-corrected chi connectivity index (χ4v) is 1.93. The number of benzene rings is 1. The van der Waals surface area contributed by atoms with Crippen LogP contribution in [0.15, 0.2) is 30.3 Å². The van der Waals surface area contributed by atoms with E-state index < -0.39 is 0 Å². The van der Waals surface area contributed by atoms with Gasteiger partial charge in [-0.15, -0.1) is 0 Å². The first kappa shape index (κ1) is 15.8. The predicted molar refractivity (Wildman–Crippen MR) is 79.8 cm³/mol. The van der Waals surface area contributed by atoms with Crippen LogP contribution < -0.4 is 9.47 Å². The van der Waals surface area contributed by atoms with Crippen molar-refractivity contribution in [2.24, 2.45) is 0 Å². The highest BCUT2D eigenvalue weighted by Gasteiger charge is 2.09. The molecule has 6 nitrogen and oxygen atoms in total. The molecule has 116 valence electrons. The molecule has 1 heterocycles. The normalized spacial score (nSPS) is 10.1. The third-order valence-corrected chi connectivity index (χ3v) is 3.05. The van der Waals surface area contributed by atoms with Crippen molar-refractivity contribution in [1.82, 2.24) is 9.97 Å². The summed E-state index contributed by atoms with van der Waals surface area (Å²) in [6.07, 6.45) is 0.210. The lowest BCUT2D eigenvalue weighted by molar-refractivity contribution is -0.139. The van der Waals surface area contributed by atoms with Gasteiger partial charge in [-0.3, -0.25) is 4.79 Å². The Morgan fingerprint density at radius 1 is 1.14 bits per heavy atom. The Kier molecular flexibility index (Phi) is 5.30. The Morgan fingerprint density at radius 3 is 2.55 bits per heavy atom. The van der Waals surface area contributed by atoms with Crippen LogP contribution in [0.5, 0.6) is 11.9 Å². The van der Waals surface area contributed by atoms with Crippen molar-refractivity contribution in [2.75, 3.05) is 14.2 Å². The first-order chi connectivity index (χ1) is 10.6. The number of esters is 1. The summed E-state index contributed by atoms with van der Waals surface area (Å²) in [6, 6.07) is 9.54. The molecule has 0 saturated carbocycles. The molecule has 0 saturated heterocycles. The van der Waals surface area contributed by atoms with Crippen molar-refractivity contribution in [3.63, 3.8) is 0 Å².